The topological polar surface area (TPSA) is 221 Å². The summed E-state index contributed by atoms with van der Waals surface area (Å²) in [5.74, 6) is 0.0352. The maximum absolute atomic E-state index is 12.5. The van der Waals surface area contributed by atoms with Gasteiger partial charge in [0.2, 0.25) is 5.36 Å². The number of fused-ring (bicyclic) bond motifs is 2. The first-order chi connectivity index (χ1) is 34.3. The number of carbonyl (C=O) groups is 1. The SMILES string of the molecule is CC.CC.CC[N+](CCCS(=O)(=O)O)=c1ccc2c(C(C)(C)C)cc(/C=C/C=C3/N(CCCCCC(=O)O)c4ccc(S(=O)(=O)O)cc4C3(C)CCOCCOCCOCCOCCOCCOC)oc-2c1. The van der Waals surface area contributed by atoms with Crippen LogP contribution in [0.3, 0.4) is 0 Å². The van der Waals surface area contributed by atoms with Crippen molar-refractivity contribution in [3.05, 3.63) is 82.6 Å². The van der Waals surface area contributed by atoms with Gasteiger partial charge in [-0.1, -0.05) is 61.0 Å². The van der Waals surface area contributed by atoms with Crippen LogP contribution in [0.15, 0.2) is 69.6 Å². The predicted molar refractivity (Wildman–Crippen MR) is 283 cm³/mol. The number of methoxy groups -OCH3 is 1. The van der Waals surface area contributed by atoms with E-state index in [1.54, 1.807) is 13.2 Å². The summed E-state index contributed by atoms with van der Waals surface area (Å²) >= 11 is 0. The lowest BCUT2D eigenvalue weighted by molar-refractivity contribution is -0.137. The minimum absolute atomic E-state index is 0.0603. The first-order valence-corrected chi connectivity index (χ1v) is 28.3. The number of carboxylic acids is 1. The van der Waals surface area contributed by atoms with Gasteiger partial charge in [0, 0.05) is 61.5 Å². The van der Waals surface area contributed by atoms with Gasteiger partial charge < -0.3 is 42.8 Å². The summed E-state index contributed by atoms with van der Waals surface area (Å²) < 4.78 is 109. The number of allylic oxidation sites excluding steroid dienone is 3. The van der Waals surface area contributed by atoms with E-state index in [1.165, 1.54) is 12.1 Å². The molecule has 3 N–H and O–H groups in total. The molecule has 2 aliphatic heterocycles. The lowest BCUT2D eigenvalue weighted by Gasteiger charge is -2.30. The number of carboxylic acid groups (broad SMARTS) is 1. The third-order valence-corrected chi connectivity index (χ3v) is 13.3. The molecule has 408 valence electrons. The Hall–Kier alpha value is -4.02. The second kappa shape index (κ2) is 33.0. The van der Waals surface area contributed by atoms with E-state index in [-0.39, 0.29) is 28.9 Å². The predicted octanol–water partition coefficient (Wildman–Crippen LogP) is 8.49. The number of hydrogen-bond donors (Lipinski definition) is 3. The molecule has 2 heterocycles. The zero-order valence-electron chi connectivity index (χ0n) is 44.6. The number of anilines is 1. The summed E-state index contributed by atoms with van der Waals surface area (Å²) in [5, 5.41) is 10.1. The van der Waals surface area contributed by atoms with Crippen LogP contribution < -0.4 is 14.8 Å². The van der Waals surface area contributed by atoms with Crippen LogP contribution in [0.2, 0.25) is 0 Å². The van der Waals surface area contributed by atoms with Crippen molar-refractivity contribution in [1.29, 1.82) is 0 Å². The third kappa shape index (κ3) is 21.8. The fourth-order valence-electron chi connectivity index (χ4n) is 8.05. The van der Waals surface area contributed by atoms with Crippen LogP contribution in [0.1, 0.15) is 118 Å². The second-order valence-electron chi connectivity index (χ2n) is 17.8. The van der Waals surface area contributed by atoms with E-state index in [9.17, 15) is 35.8 Å². The average Bonchev–Trinajstić information content (AvgIpc) is 3.56. The fourth-order valence-corrected chi connectivity index (χ4v) is 9.06. The van der Waals surface area contributed by atoms with Crippen molar-refractivity contribution in [2.45, 2.75) is 117 Å². The van der Waals surface area contributed by atoms with Gasteiger partial charge in [-0.05, 0) is 92.1 Å². The number of benzene rings is 2. The molecule has 1 unspecified atom stereocenters. The fraction of sp³-hybridized carbons (Fsp3) is 0.623. The van der Waals surface area contributed by atoms with Gasteiger partial charge in [0.15, 0.2) is 0 Å². The van der Waals surface area contributed by atoms with Crippen LogP contribution in [0.4, 0.5) is 5.69 Å². The van der Waals surface area contributed by atoms with E-state index in [4.69, 9.17) is 32.8 Å². The van der Waals surface area contributed by atoms with Crippen molar-refractivity contribution in [3.63, 3.8) is 0 Å². The van der Waals surface area contributed by atoms with Gasteiger partial charge in [-0.2, -0.15) is 16.8 Å². The lowest BCUT2D eigenvalue weighted by atomic mass is 9.78. The smallest absolute Gasteiger partial charge is 0.303 e. The summed E-state index contributed by atoms with van der Waals surface area (Å²) in [6.45, 7) is 24.6. The van der Waals surface area contributed by atoms with Gasteiger partial charge in [0.25, 0.3) is 20.2 Å². The normalized spacial score (nSPS) is 15.9. The van der Waals surface area contributed by atoms with E-state index in [2.05, 4.69) is 25.7 Å². The van der Waals surface area contributed by atoms with Crippen LogP contribution in [0.25, 0.3) is 17.4 Å². The number of aliphatic carboxylic acids is 1. The minimum Gasteiger partial charge on any atom is -0.481 e. The standard InChI is InChI=1S/C49H72N2O15S2.2C2H6/c1-7-50(21-12-34-67(54,55)56)38-16-18-41-42(48(2,3)4)36-39(66-45(41)35-38)13-11-14-46-49(5,20-23-61-26-27-63-30-31-65-33-32-64-29-28-62-25-24-60-6)43-37-40(68(57,58)59)17-19-44(43)51(46)22-10-8-9-15-47(52)53;2*1-2/h11,13-14,16-19,35-37H,7-10,12,15,20-34H2,1-6H3,(H2-,52,53,54,55,56,57,58,59);2*1-2H3/p+1. The Bertz CT molecular complexity index is 2390. The number of rotatable bonds is 32. The number of nitrogens with zero attached hydrogens (tertiary/aromatic N) is 2. The van der Waals surface area contributed by atoms with Gasteiger partial charge in [-0.3, -0.25) is 13.9 Å². The van der Waals surface area contributed by atoms with Gasteiger partial charge >= 0.3 is 5.97 Å². The highest BCUT2D eigenvalue weighted by Crippen LogP contribution is 2.51. The number of ether oxygens (including phenoxy) is 6. The Kier molecular flexibility index (Phi) is 29.4. The molecule has 4 rings (SSSR count). The molecule has 0 aromatic heterocycles. The van der Waals surface area contributed by atoms with E-state index in [0.717, 1.165) is 27.9 Å². The van der Waals surface area contributed by atoms with Crippen molar-refractivity contribution in [1.82, 2.24) is 4.58 Å². The highest BCUT2D eigenvalue weighted by Gasteiger charge is 2.43. The Balaban J connectivity index is 0.00000433. The van der Waals surface area contributed by atoms with Crippen molar-refractivity contribution in [2.24, 2.45) is 0 Å². The lowest BCUT2D eigenvalue weighted by Crippen LogP contribution is -2.31. The van der Waals surface area contributed by atoms with Crippen LogP contribution in [0, 0.1) is 0 Å². The number of unbranched alkanes of at least 4 members (excludes halogenated alkanes) is 2. The van der Waals surface area contributed by atoms with Crippen molar-refractivity contribution >= 4 is 38.0 Å². The monoisotopic (exact) mass is 1050 g/mol. The molecule has 19 heteroatoms. The molecule has 0 fully saturated rings. The molecule has 0 saturated heterocycles. The van der Waals surface area contributed by atoms with Crippen molar-refractivity contribution in [3.8, 4) is 11.3 Å². The average molecular weight is 1050 g/mol. The van der Waals surface area contributed by atoms with E-state index in [1.807, 2.05) is 88.6 Å². The molecule has 3 aliphatic rings. The van der Waals surface area contributed by atoms with Crippen LogP contribution >= 0.6 is 0 Å². The molecule has 1 atom stereocenters. The summed E-state index contributed by atoms with van der Waals surface area (Å²) in [5.41, 5.74) is 3.27. The Labute approximate surface area is 430 Å². The van der Waals surface area contributed by atoms with Crippen molar-refractivity contribution < 1.29 is 68.7 Å². The van der Waals surface area contributed by atoms with E-state index >= 15 is 0 Å². The van der Waals surface area contributed by atoms with Crippen LogP contribution in [-0.2, 0) is 64.3 Å². The zero-order valence-corrected chi connectivity index (χ0v) is 46.2. The first-order valence-electron chi connectivity index (χ1n) is 25.3. The maximum Gasteiger partial charge on any atom is 0.303 e. The van der Waals surface area contributed by atoms with Gasteiger partial charge in [0.1, 0.15) is 24.6 Å². The molecule has 1 aromatic carbocycles. The quantitative estimate of drug-likeness (QED) is 0.0303. The first kappa shape index (κ1) is 64.1. The van der Waals surface area contributed by atoms with E-state index < -0.39 is 31.6 Å². The zero-order chi connectivity index (χ0) is 53.8. The summed E-state index contributed by atoms with van der Waals surface area (Å²) in [4.78, 5) is 13.2. The Morgan fingerprint density at radius 3 is 1.89 bits per heavy atom. The maximum atomic E-state index is 12.5. The minimum atomic E-state index is -4.53. The summed E-state index contributed by atoms with van der Waals surface area (Å²) in [6.07, 6.45) is 8.36. The molecule has 0 spiro atoms. The molecule has 1 aromatic rings. The molecule has 17 nitrogen and oxygen atoms in total. The molecule has 0 bridgehead atoms. The Morgan fingerprint density at radius 2 is 1.36 bits per heavy atom. The largest absolute Gasteiger partial charge is 0.481 e. The number of hydrogen-bond acceptors (Lipinski definition) is 13. The molecule has 0 radical (unpaired) electrons. The van der Waals surface area contributed by atoms with Gasteiger partial charge in [-0.15, -0.1) is 0 Å². The second-order valence-corrected chi connectivity index (χ2v) is 20.8. The Morgan fingerprint density at radius 1 is 0.778 bits per heavy atom. The van der Waals surface area contributed by atoms with Crippen LogP contribution in [-0.4, -0.2) is 142 Å². The highest BCUT2D eigenvalue weighted by molar-refractivity contribution is 7.86. The molecular weight excluding hydrogens is 969 g/mol. The molecule has 0 saturated carbocycles. The van der Waals surface area contributed by atoms with Crippen LogP contribution in [0.5, 0.6) is 0 Å². The molecular formula is C53H85N2O15S2+. The molecule has 72 heavy (non-hydrogen) atoms. The molecule has 0 amide bonds. The summed E-state index contributed by atoms with van der Waals surface area (Å²) in [7, 11) is -7.00. The molecule has 1 aliphatic carbocycles. The highest BCUT2D eigenvalue weighted by atomic mass is 32.2. The van der Waals surface area contributed by atoms with Gasteiger partial charge in [0.05, 0.1) is 82.8 Å². The third-order valence-electron chi connectivity index (χ3n) is 11.6. The van der Waals surface area contributed by atoms with E-state index in [0.29, 0.717) is 135 Å². The van der Waals surface area contributed by atoms with Crippen molar-refractivity contribution in [2.75, 3.05) is 110 Å². The summed E-state index contributed by atoms with van der Waals surface area (Å²) in [6, 6.07) is 12.6. The van der Waals surface area contributed by atoms with Gasteiger partial charge in [-0.25, -0.2) is 4.58 Å².